The molecule has 2 fully saturated rings. The van der Waals surface area contributed by atoms with Gasteiger partial charge in [-0.1, -0.05) is 19.3 Å². The number of carbonyl (C=O) groups excluding carboxylic acids is 1. The van der Waals surface area contributed by atoms with Crippen LogP contribution in [-0.4, -0.2) is 46.3 Å². The van der Waals surface area contributed by atoms with E-state index in [1.807, 2.05) is 0 Å². The standard InChI is InChI=1S/C19H27N5O3/c25-19(20-14-5-2-1-3-6-14)21-15-8-10-24(11-9-15)13-17-22-23-18(27-17)16-7-4-12-26-16/h4,7,12,14-15H,1-3,5-6,8-11,13H2,(H2,20,21,25). The van der Waals surface area contributed by atoms with E-state index < -0.39 is 0 Å². The second-order valence-electron chi connectivity index (χ2n) is 7.48. The van der Waals surface area contributed by atoms with E-state index in [0.717, 1.165) is 38.8 Å². The number of hydrogen-bond acceptors (Lipinski definition) is 6. The summed E-state index contributed by atoms with van der Waals surface area (Å²) in [6.07, 6.45) is 9.39. The van der Waals surface area contributed by atoms with E-state index in [1.54, 1.807) is 18.4 Å². The lowest BCUT2D eigenvalue weighted by Crippen LogP contribution is -2.50. The zero-order valence-electron chi connectivity index (χ0n) is 15.5. The Balaban J connectivity index is 1.19. The van der Waals surface area contributed by atoms with E-state index in [-0.39, 0.29) is 12.1 Å². The van der Waals surface area contributed by atoms with Gasteiger partial charge in [-0.25, -0.2) is 4.79 Å². The molecule has 146 valence electrons. The molecule has 0 unspecified atom stereocenters. The minimum atomic E-state index is -0.0136. The molecule has 2 N–H and O–H groups in total. The quantitative estimate of drug-likeness (QED) is 0.836. The van der Waals surface area contributed by atoms with Crippen LogP contribution in [0.15, 0.2) is 27.2 Å². The maximum absolute atomic E-state index is 12.2. The molecule has 1 saturated carbocycles. The summed E-state index contributed by atoms with van der Waals surface area (Å²) in [4.78, 5) is 14.5. The van der Waals surface area contributed by atoms with Gasteiger partial charge in [0.25, 0.3) is 5.89 Å². The molecule has 0 atom stereocenters. The number of piperidine rings is 1. The van der Waals surface area contributed by atoms with Crippen molar-refractivity contribution in [1.82, 2.24) is 25.7 Å². The van der Waals surface area contributed by atoms with Crippen molar-refractivity contribution in [2.75, 3.05) is 13.1 Å². The maximum Gasteiger partial charge on any atom is 0.315 e. The van der Waals surface area contributed by atoms with Crippen molar-refractivity contribution in [3.8, 4) is 11.7 Å². The van der Waals surface area contributed by atoms with Crippen molar-refractivity contribution < 1.29 is 13.6 Å². The molecule has 2 amide bonds. The number of nitrogens with one attached hydrogen (secondary N) is 2. The number of urea groups is 1. The first-order valence-corrected chi connectivity index (χ1v) is 9.92. The molecular weight excluding hydrogens is 346 g/mol. The van der Waals surface area contributed by atoms with Crippen LogP contribution in [-0.2, 0) is 6.54 Å². The van der Waals surface area contributed by atoms with E-state index in [9.17, 15) is 4.79 Å². The molecule has 0 spiro atoms. The predicted molar refractivity (Wildman–Crippen MR) is 98.8 cm³/mol. The fraction of sp³-hybridized carbons (Fsp3) is 0.632. The van der Waals surface area contributed by atoms with E-state index in [1.165, 1.54) is 19.3 Å². The molecule has 0 radical (unpaired) electrons. The lowest BCUT2D eigenvalue weighted by atomic mass is 9.96. The summed E-state index contributed by atoms with van der Waals surface area (Å²) in [5, 5.41) is 14.4. The summed E-state index contributed by atoms with van der Waals surface area (Å²) in [6, 6.07) is 4.15. The molecule has 4 rings (SSSR count). The van der Waals surface area contributed by atoms with Gasteiger partial charge >= 0.3 is 6.03 Å². The average molecular weight is 373 g/mol. The molecule has 8 heteroatoms. The first kappa shape index (κ1) is 18.0. The van der Waals surface area contributed by atoms with Gasteiger partial charge in [-0.3, -0.25) is 4.90 Å². The van der Waals surface area contributed by atoms with Gasteiger partial charge in [0.05, 0.1) is 12.8 Å². The highest BCUT2D eigenvalue weighted by Gasteiger charge is 2.23. The number of hydrogen-bond donors (Lipinski definition) is 2. The molecule has 1 aliphatic heterocycles. The third kappa shape index (κ3) is 4.88. The summed E-state index contributed by atoms with van der Waals surface area (Å²) in [5.74, 6) is 1.58. The van der Waals surface area contributed by atoms with Crippen LogP contribution in [0.3, 0.4) is 0 Å². The van der Waals surface area contributed by atoms with Crippen molar-refractivity contribution in [3.05, 3.63) is 24.3 Å². The second kappa shape index (κ2) is 8.56. The lowest BCUT2D eigenvalue weighted by Gasteiger charge is -2.32. The minimum Gasteiger partial charge on any atom is -0.459 e. The Morgan fingerprint density at radius 2 is 1.81 bits per heavy atom. The van der Waals surface area contributed by atoms with Crippen LogP contribution in [0.1, 0.15) is 50.8 Å². The number of aromatic nitrogens is 2. The molecule has 0 bridgehead atoms. The fourth-order valence-electron chi connectivity index (χ4n) is 3.90. The van der Waals surface area contributed by atoms with Gasteiger partial charge in [-0.15, -0.1) is 10.2 Å². The Labute approximate surface area is 158 Å². The van der Waals surface area contributed by atoms with Crippen LogP contribution < -0.4 is 10.6 Å². The van der Waals surface area contributed by atoms with Gasteiger partial charge in [0.15, 0.2) is 5.76 Å². The Morgan fingerprint density at radius 1 is 1.07 bits per heavy atom. The summed E-state index contributed by atoms with van der Waals surface area (Å²) >= 11 is 0. The number of amides is 2. The smallest absolute Gasteiger partial charge is 0.315 e. The molecule has 8 nitrogen and oxygen atoms in total. The zero-order chi connectivity index (χ0) is 18.5. The van der Waals surface area contributed by atoms with Crippen molar-refractivity contribution in [2.24, 2.45) is 0 Å². The van der Waals surface area contributed by atoms with E-state index in [4.69, 9.17) is 8.83 Å². The minimum absolute atomic E-state index is 0.0136. The zero-order valence-corrected chi connectivity index (χ0v) is 15.5. The second-order valence-corrected chi connectivity index (χ2v) is 7.48. The van der Waals surface area contributed by atoms with Crippen LogP contribution in [0.2, 0.25) is 0 Å². The molecule has 1 saturated heterocycles. The fourth-order valence-corrected chi connectivity index (χ4v) is 3.90. The van der Waals surface area contributed by atoms with Gasteiger partial charge in [-0.2, -0.15) is 0 Å². The highest BCUT2D eigenvalue weighted by Crippen LogP contribution is 2.20. The molecule has 3 heterocycles. The van der Waals surface area contributed by atoms with Gasteiger partial charge in [0.1, 0.15) is 0 Å². The summed E-state index contributed by atoms with van der Waals surface area (Å²) in [7, 11) is 0. The first-order chi connectivity index (χ1) is 13.3. The number of furan rings is 1. The number of nitrogens with zero attached hydrogens (tertiary/aromatic N) is 3. The summed E-state index contributed by atoms with van der Waals surface area (Å²) < 4.78 is 10.9. The van der Waals surface area contributed by atoms with Crippen LogP contribution in [0.25, 0.3) is 11.7 Å². The molecule has 2 aliphatic rings. The third-order valence-corrected chi connectivity index (χ3v) is 5.42. The molecule has 0 aromatic carbocycles. The topological polar surface area (TPSA) is 96.4 Å². The van der Waals surface area contributed by atoms with E-state index >= 15 is 0 Å². The van der Waals surface area contributed by atoms with Crippen molar-refractivity contribution in [3.63, 3.8) is 0 Å². The maximum atomic E-state index is 12.2. The molecule has 1 aliphatic carbocycles. The summed E-state index contributed by atoms with van der Waals surface area (Å²) in [5.41, 5.74) is 0. The molecule has 2 aromatic heterocycles. The predicted octanol–water partition coefficient (Wildman–Crippen LogP) is 2.93. The summed E-state index contributed by atoms with van der Waals surface area (Å²) in [6.45, 7) is 2.41. The average Bonchev–Trinajstić information content (AvgIpc) is 3.36. The highest BCUT2D eigenvalue weighted by molar-refractivity contribution is 5.74. The van der Waals surface area contributed by atoms with E-state index in [2.05, 4.69) is 25.7 Å². The molecular formula is C19H27N5O3. The molecule has 27 heavy (non-hydrogen) atoms. The van der Waals surface area contributed by atoms with Gasteiger partial charge < -0.3 is 19.5 Å². The van der Waals surface area contributed by atoms with E-state index in [0.29, 0.717) is 30.1 Å². The first-order valence-electron chi connectivity index (χ1n) is 9.92. The third-order valence-electron chi connectivity index (χ3n) is 5.42. The Bertz CT molecular complexity index is 716. The monoisotopic (exact) mass is 373 g/mol. The van der Waals surface area contributed by atoms with Crippen molar-refractivity contribution in [2.45, 2.75) is 63.6 Å². The number of carbonyl (C=O) groups is 1. The lowest BCUT2D eigenvalue weighted by molar-refractivity contribution is 0.173. The van der Waals surface area contributed by atoms with Gasteiger partial charge in [0, 0.05) is 25.2 Å². The van der Waals surface area contributed by atoms with Crippen LogP contribution >= 0.6 is 0 Å². The Morgan fingerprint density at radius 3 is 2.52 bits per heavy atom. The largest absolute Gasteiger partial charge is 0.459 e. The Hall–Kier alpha value is -2.35. The van der Waals surface area contributed by atoms with Crippen molar-refractivity contribution in [1.29, 1.82) is 0 Å². The SMILES string of the molecule is O=C(NC1CCCCC1)NC1CCN(Cc2nnc(-c3ccco3)o2)CC1. The van der Waals surface area contributed by atoms with Gasteiger partial charge in [-0.05, 0) is 37.8 Å². The normalized spacial score (nSPS) is 19.9. The van der Waals surface area contributed by atoms with Crippen molar-refractivity contribution >= 4 is 6.03 Å². The highest BCUT2D eigenvalue weighted by atomic mass is 16.4. The van der Waals surface area contributed by atoms with Crippen LogP contribution in [0.4, 0.5) is 4.79 Å². The number of likely N-dealkylation sites (tertiary alicyclic amines) is 1. The number of rotatable bonds is 5. The van der Waals surface area contributed by atoms with Crippen LogP contribution in [0, 0.1) is 0 Å². The molecule has 2 aromatic rings. The van der Waals surface area contributed by atoms with Gasteiger partial charge in [0.2, 0.25) is 5.89 Å². The Kier molecular flexibility index (Phi) is 5.72. The van der Waals surface area contributed by atoms with Crippen LogP contribution in [0.5, 0.6) is 0 Å².